The zero-order valence-electron chi connectivity index (χ0n) is 12.5. The molecule has 1 N–H and O–H groups in total. The Kier molecular flexibility index (Phi) is 5.79. The molecule has 0 saturated carbocycles. The Labute approximate surface area is 135 Å². The van der Waals surface area contributed by atoms with E-state index < -0.39 is 10.0 Å². The Morgan fingerprint density at radius 2 is 1.90 bits per heavy atom. The van der Waals surface area contributed by atoms with Gasteiger partial charge >= 0.3 is 0 Å². The molecular formula is C14H22BrN3O2S. The van der Waals surface area contributed by atoms with E-state index in [2.05, 4.69) is 37.5 Å². The summed E-state index contributed by atoms with van der Waals surface area (Å²) in [6, 6.07) is 5.07. The number of hydrogen-bond donors (Lipinski definition) is 1. The van der Waals surface area contributed by atoms with E-state index in [4.69, 9.17) is 0 Å². The van der Waals surface area contributed by atoms with Gasteiger partial charge in [0.05, 0.1) is 4.90 Å². The second-order valence-electron chi connectivity index (χ2n) is 5.45. The van der Waals surface area contributed by atoms with Crippen molar-refractivity contribution in [2.24, 2.45) is 0 Å². The summed E-state index contributed by atoms with van der Waals surface area (Å²) in [5, 5.41) is 0. The van der Waals surface area contributed by atoms with Gasteiger partial charge in [-0.25, -0.2) is 13.1 Å². The van der Waals surface area contributed by atoms with Crippen LogP contribution in [-0.2, 0) is 10.0 Å². The molecular weight excluding hydrogens is 354 g/mol. The van der Waals surface area contributed by atoms with Crippen molar-refractivity contribution in [3.8, 4) is 0 Å². The number of piperazine rings is 1. The third kappa shape index (κ3) is 4.75. The predicted molar refractivity (Wildman–Crippen MR) is 88.0 cm³/mol. The second-order valence-corrected chi connectivity index (χ2v) is 8.07. The van der Waals surface area contributed by atoms with Crippen molar-refractivity contribution >= 4 is 26.0 Å². The molecule has 0 aromatic heterocycles. The highest BCUT2D eigenvalue weighted by Gasteiger charge is 2.17. The molecule has 1 aliphatic heterocycles. The Morgan fingerprint density at radius 3 is 2.52 bits per heavy atom. The van der Waals surface area contributed by atoms with Crippen LogP contribution in [-0.4, -0.2) is 64.5 Å². The van der Waals surface area contributed by atoms with Gasteiger partial charge in [-0.3, -0.25) is 4.90 Å². The standard InChI is InChI=1S/C14H22BrN3O2S/c1-12-11-13(3-4-14(12)15)21(19,20)16-5-6-18-9-7-17(2)8-10-18/h3-4,11,16H,5-10H2,1-2H3. The lowest BCUT2D eigenvalue weighted by atomic mass is 10.2. The van der Waals surface area contributed by atoms with E-state index in [9.17, 15) is 8.42 Å². The number of sulfonamides is 1. The van der Waals surface area contributed by atoms with Gasteiger partial charge in [0, 0.05) is 43.7 Å². The summed E-state index contributed by atoms with van der Waals surface area (Å²) in [5.74, 6) is 0. The summed E-state index contributed by atoms with van der Waals surface area (Å²) in [7, 11) is -1.31. The molecule has 0 atom stereocenters. The number of nitrogens with one attached hydrogen (secondary N) is 1. The average molecular weight is 376 g/mol. The maximum Gasteiger partial charge on any atom is 0.240 e. The molecule has 0 aliphatic carbocycles. The van der Waals surface area contributed by atoms with Crippen LogP contribution in [0.25, 0.3) is 0 Å². The topological polar surface area (TPSA) is 52.7 Å². The van der Waals surface area contributed by atoms with Crippen molar-refractivity contribution in [2.75, 3.05) is 46.3 Å². The molecule has 5 nitrogen and oxygen atoms in total. The fourth-order valence-corrected chi connectivity index (χ4v) is 3.63. The third-order valence-corrected chi connectivity index (χ3v) is 6.10. The highest BCUT2D eigenvalue weighted by Crippen LogP contribution is 2.19. The van der Waals surface area contributed by atoms with Crippen molar-refractivity contribution in [1.29, 1.82) is 0 Å². The summed E-state index contributed by atoms with van der Waals surface area (Å²) in [6.45, 7) is 7.15. The number of halogens is 1. The smallest absolute Gasteiger partial charge is 0.240 e. The van der Waals surface area contributed by atoms with Crippen LogP contribution in [0.3, 0.4) is 0 Å². The van der Waals surface area contributed by atoms with Crippen LogP contribution >= 0.6 is 15.9 Å². The number of nitrogens with zero attached hydrogens (tertiary/aromatic N) is 2. The quantitative estimate of drug-likeness (QED) is 0.842. The van der Waals surface area contributed by atoms with Gasteiger partial charge in [-0.15, -0.1) is 0 Å². The van der Waals surface area contributed by atoms with Crippen molar-refractivity contribution in [1.82, 2.24) is 14.5 Å². The zero-order valence-corrected chi connectivity index (χ0v) is 14.9. The molecule has 1 aliphatic rings. The van der Waals surface area contributed by atoms with Crippen LogP contribution in [0.2, 0.25) is 0 Å². The van der Waals surface area contributed by atoms with Crippen molar-refractivity contribution in [3.63, 3.8) is 0 Å². The molecule has 1 saturated heterocycles. The van der Waals surface area contributed by atoms with Gasteiger partial charge < -0.3 is 4.90 Å². The predicted octanol–water partition coefficient (Wildman–Crippen LogP) is 1.28. The van der Waals surface area contributed by atoms with Crippen LogP contribution in [0.5, 0.6) is 0 Å². The fourth-order valence-electron chi connectivity index (χ4n) is 2.28. The maximum absolute atomic E-state index is 12.2. The number of rotatable bonds is 5. The zero-order chi connectivity index (χ0) is 15.5. The fraction of sp³-hybridized carbons (Fsp3) is 0.571. The first-order valence-electron chi connectivity index (χ1n) is 7.05. The maximum atomic E-state index is 12.2. The lowest BCUT2D eigenvalue weighted by molar-refractivity contribution is 0.156. The lowest BCUT2D eigenvalue weighted by Gasteiger charge is -2.32. The SMILES string of the molecule is Cc1cc(S(=O)(=O)NCCN2CCN(C)CC2)ccc1Br. The van der Waals surface area contributed by atoms with Crippen molar-refractivity contribution in [2.45, 2.75) is 11.8 Å². The molecule has 0 amide bonds. The minimum Gasteiger partial charge on any atom is -0.304 e. The molecule has 1 fully saturated rings. The lowest BCUT2D eigenvalue weighted by Crippen LogP contribution is -2.46. The molecule has 0 spiro atoms. The molecule has 1 aromatic rings. The Balaban J connectivity index is 1.88. The number of aryl methyl sites for hydroxylation is 1. The highest BCUT2D eigenvalue weighted by atomic mass is 79.9. The molecule has 1 heterocycles. The highest BCUT2D eigenvalue weighted by molar-refractivity contribution is 9.10. The summed E-state index contributed by atoms with van der Waals surface area (Å²) in [4.78, 5) is 4.89. The molecule has 21 heavy (non-hydrogen) atoms. The Hall–Kier alpha value is -0.470. The third-order valence-electron chi connectivity index (χ3n) is 3.76. The van der Waals surface area contributed by atoms with E-state index in [0.29, 0.717) is 11.4 Å². The number of hydrogen-bond acceptors (Lipinski definition) is 4. The van der Waals surface area contributed by atoms with Crippen molar-refractivity contribution in [3.05, 3.63) is 28.2 Å². The molecule has 1 aromatic carbocycles. The molecule has 0 bridgehead atoms. The van der Waals surface area contributed by atoms with E-state index in [1.807, 2.05) is 6.92 Å². The normalized spacial score (nSPS) is 18.0. The Morgan fingerprint density at radius 1 is 1.24 bits per heavy atom. The van der Waals surface area contributed by atoms with Crippen LogP contribution < -0.4 is 4.72 Å². The summed E-state index contributed by atoms with van der Waals surface area (Å²) in [5.41, 5.74) is 0.914. The first-order valence-corrected chi connectivity index (χ1v) is 9.33. The average Bonchev–Trinajstić information content (AvgIpc) is 2.44. The molecule has 7 heteroatoms. The first-order chi connectivity index (χ1) is 9.88. The molecule has 118 valence electrons. The van der Waals surface area contributed by atoms with Gasteiger partial charge in [-0.05, 0) is 37.7 Å². The largest absolute Gasteiger partial charge is 0.304 e. The Bertz CT molecular complexity index is 584. The van der Waals surface area contributed by atoms with Crippen LogP contribution in [0, 0.1) is 6.92 Å². The van der Waals surface area contributed by atoms with E-state index in [0.717, 1.165) is 42.8 Å². The van der Waals surface area contributed by atoms with Gasteiger partial charge in [0.25, 0.3) is 0 Å². The monoisotopic (exact) mass is 375 g/mol. The van der Waals surface area contributed by atoms with E-state index in [-0.39, 0.29) is 0 Å². The van der Waals surface area contributed by atoms with E-state index in [1.54, 1.807) is 18.2 Å². The minimum absolute atomic E-state index is 0.321. The van der Waals surface area contributed by atoms with Crippen LogP contribution in [0.15, 0.2) is 27.6 Å². The van der Waals surface area contributed by atoms with Crippen molar-refractivity contribution < 1.29 is 8.42 Å². The molecule has 2 rings (SSSR count). The van der Waals surface area contributed by atoms with E-state index >= 15 is 0 Å². The van der Waals surface area contributed by atoms with Crippen LogP contribution in [0.1, 0.15) is 5.56 Å². The van der Waals surface area contributed by atoms with Crippen LogP contribution in [0.4, 0.5) is 0 Å². The number of likely N-dealkylation sites (N-methyl/N-ethyl adjacent to an activating group) is 1. The first kappa shape index (κ1) is 16.9. The van der Waals surface area contributed by atoms with Gasteiger partial charge in [0.15, 0.2) is 0 Å². The number of benzene rings is 1. The van der Waals surface area contributed by atoms with Gasteiger partial charge in [0.1, 0.15) is 0 Å². The van der Waals surface area contributed by atoms with Gasteiger partial charge in [0.2, 0.25) is 10.0 Å². The van der Waals surface area contributed by atoms with E-state index in [1.165, 1.54) is 0 Å². The minimum atomic E-state index is -3.42. The summed E-state index contributed by atoms with van der Waals surface area (Å²) in [6.07, 6.45) is 0. The summed E-state index contributed by atoms with van der Waals surface area (Å²) < 4.78 is 28.1. The molecule has 0 radical (unpaired) electrons. The second kappa shape index (κ2) is 7.19. The molecule has 0 unspecified atom stereocenters. The van der Waals surface area contributed by atoms with Gasteiger partial charge in [-0.2, -0.15) is 0 Å². The van der Waals surface area contributed by atoms with Gasteiger partial charge in [-0.1, -0.05) is 15.9 Å². The summed E-state index contributed by atoms with van der Waals surface area (Å²) >= 11 is 3.38.